The Labute approximate surface area is 144 Å². The van der Waals surface area contributed by atoms with Crippen LogP contribution in [-0.4, -0.2) is 15.2 Å². The highest BCUT2D eigenvalue weighted by atomic mass is 16.4. The number of hydrogen-bond acceptors (Lipinski definition) is 6. The maximum absolute atomic E-state index is 12.0. The molecule has 128 valence electrons. The van der Waals surface area contributed by atoms with Crippen LogP contribution in [-0.2, 0) is 6.61 Å². The van der Waals surface area contributed by atoms with E-state index in [1.54, 1.807) is 18.3 Å². The number of nitrogens with one attached hydrogen (secondary N) is 1. The molecule has 1 aromatic carbocycles. The molecule has 25 heavy (non-hydrogen) atoms. The highest BCUT2D eigenvalue weighted by molar-refractivity contribution is 5.45. The van der Waals surface area contributed by atoms with E-state index in [4.69, 9.17) is 4.42 Å². The molecule has 0 radical (unpaired) electrons. The summed E-state index contributed by atoms with van der Waals surface area (Å²) in [7, 11) is 0. The molecule has 0 amide bonds. The lowest BCUT2D eigenvalue weighted by molar-refractivity contribution is 0.234. The van der Waals surface area contributed by atoms with E-state index in [0.29, 0.717) is 5.82 Å². The lowest BCUT2D eigenvalue weighted by Crippen LogP contribution is -2.17. The average Bonchev–Trinajstić information content (AvgIpc) is 2.63. The Hall–Kier alpha value is -3.12. The van der Waals surface area contributed by atoms with Crippen LogP contribution in [0, 0.1) is 6.92 Å². The maximum atomic E-state index is 12.0. The summed E-state index contributed by atoms with van der Waals surface area (Å²) in [5.41, 5.74) is 1.20. The van der Waals surface area contributed by atoms with E-state index in [9.17, 15) is 15.0 Å². The SMILES string of the molecule is Cc1cccc(C(Nc2ccccn2)c2oc(CO)cc(=O)c2O)c1. The molecule has 0 aliphatic heterocycles. The number of nitrogens with zero attached hydrogens (tertiary/aromatic N) is 1. The molecule has 6 heteroatoms. The van der Waals surface area contributed by atoms with Crippen LogP contribution in [0.2, 0.25) is 0 Å². The van der Waals surface area contributed by atoms with Gasteiger partial charge in [-0.2, -0.15) is 0 Å². The van der Waals surface area contributed by atoms with Crippen LogP contribution in [0.1, 0.15) is 28.7 Å². The molecule has 0 spiro atoms. The van der Waals surface area contributed by atoms with Crippen LogP contribution in [0.5, 0.6) is 5.75 Å². The van der Waals surface area contributed by atoms with Crippen molar-refractivity contribution in [1.29, 1.82) is 0 Å². The first kappa shape index (κ1) is 16.7. The summed E-state index contributed by atoms with van der Waals surface area (Å²) in [6, 6.07) is 13.4. The van der Waals surface area contributed by atoms with E-state index in [0.717, 1.165) is 17.2 Å². The zero-order valence-corrected chi connectivity index (χ0v) is 13.6. The molecule has 0 aliphatic rings. The summed E-state index contributed by atoms with van der Waals surface area (Å²) < 4.78 is 5.58. The molecule has 3 N–H and O–H groups in total. The molecule has 2 heterocycles. The van der Waals surface area contributed by atoms with Gasteiger partial charge in [0.25, 0.3) is 0 Å². The van der Waals surface area contributed by atoms with Gasteiger partial charge in [-0.25, -0.2) is 4.98 Å². The molecule has 1 unspecified atom stereocenters. The smallest absolute Gasteiger partial charge is 0.227 e. The van der Waals surface area contributed by atoms with Crippen LogP contribution in [0.15, 0.2) is 63.9 Å². The zero-order chi connectivity index (χ0) is 17.8. The normalized spacial score (nSPS) is 11.9. The van der Waals surface area contributed by atoms with Crippen LogP contribution in [0.3, 0.4) is 0 Å². The van der Waals surface area contributed by atoms with Gasteiger partial charge in [-0.1, -0.05) is 35.9 Å². The second-order valence-electron chi connectivity index (χ2n) is 5.65. The number of rotatable bonds is 5. The minimum absolute atomic E-state index is 0.0350. The van der Waals surface area contributed by atoms with Gasteiger partial charge in [0.05, 0.1) is 0 Å². The van der Waals surface area contributed by atoms with Crippen molar-refractivity contribution in [1.82, 2.24) is 4.98 Å². The van der Waals surface area contributed by atoms with Crippen LogP contribution >= 0.6 is 0 Å². The van der Waals surface area contributed by atoms with Crippen molar-refractivity contribution in [2.24, 2.45) is 0 Å². The summed E-state index contributed by atoms with van der Waals surface area (Å²) in [4.78, 5) is 16.2. The van der Waals surface area contributed by atoms with Crippen molar-refractivity contribution < 1.29 is 14.6 Å². The van der Waals surface area contributed by atoms with E-state index < -0.39 is 23.8 Å². The lowest BCUT2D eigenvalue weighted by atomic mass is 10.0. The average molecular weight is 338 g/mol. The number of pyridine rings is 1. The van der Waals surface area contributed by atoms with Crippen LogP contribution in [0.4, 0.5) is 5.82 Å². The Balaban J connectivity index is 2.14. The van der Waals surface area contributed by atoms with Gasteiger partial charge >= 0.3 is 0 Å². The van der Waals surface area contributed by atoms with Crippen LogP contribution in [0.25, 0.3) is 0 Å². The summed E-state index contributed by atoms with van der Waals surface area (Å²) in [5, 5.41) is 22.7. The predicted octanol–water partition coefficient (Wildman–Crippen LogP) is 2.74. The highest BCUT2D eigenvalue weighted by Gasteiger charge is 2.24. The molecule has 0 bridgehead atoms. The minimum atomic E-state index is -0.644. The summed E-state index contributed by atoms with van der Waals surface area (Å²) in [6.07, 6.45) is 1.63. The summed E-state index contributed by atoms with van der Waals surface area (Å²) in [6.45, 7) is 1.51. The molecule has 6 nitrogen and oxygen atoms in total. The molecular formula is C19H18N2O4. The van der Waals surface area contributed by atoms with Crippen molar-refractivity contribution in [3.05, 3.63) is 87.6 Å². The van der Waals surface area contributed by atoms with Crippen LogP contribution < -0.4 is 10.7 Å². The Morgan fingerprint density at radius 3 is 2.72 bits per heavy atom. The molecular weight excluding hydrogens is 320 g/mol. The molecule has 1 atom stereocenters. The van der Waals surface area contributed by atoms with Gasteiger partial charge in [0.2, 0.25) is 11.2 Å². The quantitative estimate of drug-likeness (QED) is 0.662. The summed E-state index contributed by atoms with van der Waals surface area (Å²) >= 11 is 0. The fourth-order valence-electron chi connectivity index (χ4n) is 2.57. The van der Waals surface area contributed by atoms with E-state index in [2.05, 4.69) is 10.3 Å². The van der Waals surface area contributed by atoms with Gasteiger partial charge < -0.3 is 19.9 Å². The number of aromatic hydroxyl groups is 1. The van der Waals surface area contributed by atoms with Gasteiger partial charge in [0.1, 0.15) is 24.2 Å². The second-order valence-corrected chi connectivity index (χ2v) is 5.65. The second kappa shape index (κ2) is 7.19. The number of anilines is 1. The first-order chi connectivity index (χ1) is 12.1. The Morgan fingerprint density at radius 2 is 2.04 bits per heavy atom. The molecule has 0 saturated heterocycles. The van der Waals surface area contributed by atoms with Crippen molar-refractivity contribution in [2.45, 2.75) is 19.6 Å². The monoisotopic (exact) mass is 338 g/mol. The van der Waals surface area contributed by atoms with Crippen molar-refractivity contribution in [2.75, 3.05) is 5.32 Å². The topological polar surface area (TPSA) is 95.6 Å². The summed E-state index contributed by atoms with van der Waals surface area (Å²) in [5.74, 6) is 0.184. The molecule has 2 aromatic heterocycles. The van der Waals surface area contributed by atoms with Gasteiger partial charge in [0.15, 0.2) is 5.76 Å². The molecule has 0 fully saturated rings. The van der Waals surface area contributed by atoms with E-state index >= 15 is 0 Å². The number of aliphatic hydroxyl groups excluding tert-OH is 1. The van der Waals surface area contributed by atoms with E-state index in [1.165, 1.54) is 0 Å². The first-order valence-corrected chi connectivity index (χ1v) is 7.79. The molecule has 3 rings (SSSR count). The number of benzene rings is 1. The third-order valence-electron chi connectivity index (χ3n) is 3.75. The van der Waals surface area contributed by atoms with Gasteiger partial charge in [0, 0.05) is 12.3 Å². The highest BCUT2D eigenvalue weighted by Crippen LogP contribution is 2.31. The van der Waals surface area contributed by atoms with Crippen molar-refractivity contribution in [3.8, 4) is 5.75 Å². The van der Waals surface area contributed by atoms with Crippen molar-refractivity contribution in [3.63, 3.8) is 0 Å². The Morgan fingerprint density at radius 1 is 1.20 bits per heavy atom. The molecule has 0 saturated carbocycles. The van der Waals surface area contributed by atoms with Gasteiger partial charge in [-0.15, -0.1) is 0 Å². The number of hydrogen-bond donors (Lipinski definition) is 3. The largest absolute Gasteiger partial charge is 0.502 e. The molecule has 3 aromatic rings. The maximum Gasteiger partial charge on any atom is 0.227 e. The lowest BCUT2D eigenvalue weighted by Gasteiger charge is -2.20. The van der Waals surface area contributed by atoms with Gasteiger partial charge in [-0.05, 0) is 24.6 Å². The number of aliphatic hydroxyl groups is 1. The predicted molar refractivity (Wildman–Crippen MR) is 93.4 cm³/mol. The van der Waals surface area contributed by atoms with Gasteiger partial charge in [-0.3, -0.25) is 4.79 Å². The fraction of sp³-hybridized carbons (Fsp3) is 0.158. The number of aromatic nitrogens is 1. The van der Waals surface area contributed by atoms with E-state index in [-0.39, 0.29) is 11.5 Å². The third-order valence-corrected chi connectivity index (χ3v) is 3.75. The fourth-order valence-corrected chi connectivity index (χ4v) is 2.57. The Kier molecular flexibility index (Phi) is 4.81. The van der Waals surface area contributed by atoms with Crippen molar-refractivity contribution >= 4 is 5.82 Å². The molecule has 0 aliphatic carbocycles. The first-order valence-electron chi connectivity index (χ1n) is 7.79. The standard InChI is InChI=1S/C19H18N2O4/c1-12-5-4-6-13(9-12)17(21-16-7-2-3-8-20-16)19-18(24)15(23)10-14(11-22)25-19/h2-10,17,22,24H,11H2,1H3,(H,20,21). The number of aryl methyl sites for hydroxylation is 1. The Bertz CT molecular complexity index is 922. The zero-order valence-electron chi connectivity index (χ0n) is 13.6. The minimum Gasteiger partial charge on any atom is -0.502 e. The van der Waals surface area contributed by atoms with E-state index in [1.807, 2.05) is 37.3 Å². The third kappa shape index (κ3) is 3.70.